The Balaban J connectivity index is 2.36. The minimum atomic E-state index is 0.606. The summed E-state index contributed by atoms with van der Waals surface area (Å²) < 4.78 is 1.35. The van der Waals surface area contributed by atoms with Crippen LogP contribution < -0.4 is 5.73 Å². The van der Waals surface area contributed by atoms with E-state index in [2.05, 4.69) is 50.1 Å². The third-order valence-corrected chi connectivity index (χ3v) is 4.95. The highest BCUT2D eigenvalue weighted by molar-refractivity contribution is 7.19. The van der Waals surface area contributed by atoms with Crippen LogP contribution in [-0.4, -0.2) is 18.0 Å². The van der Waals surface area contributed by atoms with Crippen LogP contribution in [0.3, 0.4) is 0 Å². The predicted molar refractivity (Wildman–Crippen MR) is 80.9 cm³/mol. The number of nitrogens with zero attached hydrogens (tertiary/aromatic N) is 1. The van der Waals surface area contributed by atoms with Gasteiger partial charge < -0.3 is 5.73 Å². The number of nitrogens with two attached hydrogens (primary N) is 1. The summed E-state index contributed by atoms with van der Waals surface area (Å²) in [6.45, 7) is 6.14. The Morgan fingerprint density at radius 2 is 2.06 bits per heavy atom. The van der Waals surface area contributed by atoms with Crippen molar-refractivity contribution < 1.29 is 0 Å². The average molecular weight is 262 g/mol. The van der Waals surface area contributed by atoms with E-state index in [1.54, 1.807) is 0 Å². The van der Waals surface area contributed by atoms with E-state index in [1.165, 1.54) is 26.9 Å². The maximum absolute atomic E-state index is 5.89. The molecule has 1 unspecified atom stereocenters. The minimum absolute atomic E-state index is 0.606. The summed E-state index contributed by atoms with van der Waals surface area (Å²) >= 11 is 1.83. The lowest BCUT2D eigenvalue weighted by Crippen LogP contribution is -2.28. The molecule has 2 rings (SSSR count). The molecule has 0 fully saturated rings. The van der Waals surface area contributed by atoms with Gasteiger partial charge in [-0.2, -0.15) is 0 Å². The molecule has 0 spiro atoms. The van der Waals surface area contributed by atoms with Crippen molar-refractivity contribution >= 4 is 21.4 Å². The maximum Gasteiger partial charge on any atom is 0.0349 e. The summed E-state index contributed by atoms with van der Waals surface area (Å²) in [4.78, 5) is 3.74. The van der Waals surface area contributed by atoms with Crippen LogP contribution in [0, 0.1) is 0 Å². The van der Waals surface area contributed by atoms with Gasteiger partial charge in [-0.15, -0.1) is 11.3 Å². The molecule has 1 aromatic carbocycles. The van der Waals surface area contributed by atoms with E-state index in [1.807, 2.05) is 11.3 Å². The van der Waals surface area contributed by atoms with Crippen LogP contribution in [0.1, 0.15) is 30.7 Å². The molecule has 98 valence electrons. The van der Waals surface area contributed by atoms with Crippen LogP contribution in [0.5, 0.6) is 0 Å². The summed E-state index contributed by atoms with van der Waals surface area (Å²) in [6, 6.07) is 9.22. The number of fused-ring (bicyclic) bond motifs is 1. The molecular weight excluding hydrogens is 240 g/mol. The Bertz CT molecular complexity index is 518. The first-order valence-electron chi connectivity index (χ1n) is 6.57. The van der Waals surface area contributed by atoms with Crippen molar-refractivity contribution in [1.29, 1.82) is 0 Å². The van der Waals surface area contributed by atoms with E-state index >= 15 is 0 Å². The summed E-state index contributed by atoms with van der Waals surface area (Å²) in [6.07, 6.45) is 1.18. The van der Waals surface area contributed by atoms with Crippen LogP contribution in [0.15, 0.2) is 24.3 Å². The number of rotatable bonds is 5. The molecule has 0 saturated heterocycles. The Labute approximate surface area is 113 Å². The first kappa shape index (κ1) is 13.5. The van der Waals surface area contributed by atoms with Crippen molar-refractivity contribution in [2.75, 3.05) is 7.05 Å². The van der Waals surface area contributed by atoms with Gasteiger partial charge in [0, 0.05) is 28.7 Å². The van der Waals surface area contributed by atoms with Crippen molar-refractivity contribution in [3.63, 3.8) is 0 Å². The number of hydrogen-bond acceptors (Lipinski definition) is 3. The molecule has 2 aromatic rings. The monoisotopic (exact) mass is 262 g/mol. The SMILES string of the molecule is CCC(C)N(C)Cc1c(CN)sc2ccccc12. The van der Waals surface area contributed by atoms with Crippen molar-refractivity contribution in [3.8, 4) is 0 Å². The smallest absolute Gasteiger partial charge is 0.0349 e. The summed E-state index contributed by atoms with van der Waals surface area (Å²) in [5.41, 5.74) is 7.31. The fraction of sp³-hybridized carbons (Fsp3) is 0.467. The highest BCUT2D eigenvalue weighted by atomic mass is 32.1. The molecule has 0 saturated carbocycles. The molecule has 18 heavy (non-hydrogen) atoms. The lowest BCUT2D eigenvalue weighted by atomic mass is 10.1. The summed E-state index contributed by atoms with van der Waals surface area (Å²) in [7, 11) is 2.20. The van der Waals surface area contributed by atoms with Crippen molar-refractivity contribution in [2.24, 2.45) is 5.73 Å². The fourth-order valence-corrected chi connectivity index (χ4v) is 3.30. The third kappa shape index (κ3) is 2.58. The van der Waals surface area contributed by atoms with Crippen LogP contribution in [0.2, 0.25) is 0 Å². The maximum atomic E-state index is 5.89. The molecule has 3 heteroatoms. The molecule has 0 amide bonds. The second-order valence-corrected chi connectivity index (χ2v) is 6.01. The van der Waals surface area contributed by atoms with Gasteiger partial charge in [-0.05, 0) is 37.4 Å². The van der Waals surface area contributed by atoms with Gasteiger partial charge in [0.15, 0.2) is 0 Å². The molecule has 0 aliphatic carbocycles. The normalized spacial score (nSPS) is 13.4. The number of benzene rings is 1. The predicted octanol–water partition coefficient (Wildman–Crippen LogP) is 3.59. The lowest BCUT2D eigenvalue weighted by molar-refractivity contribution is 0.244. The largest absolute Gasteiger partial charge is 0.326 e. The molecule has 0 aliphatic heterocycles. The average Bonchev–Trinajstić information content (AvgIpc) is 2.76. The Morgan fingerprint density at radius 3 is 2.72 bits per heavy atom. The van der Waals surface area contributed by atoms with Crippen molar-refractivity contribution in [2.45, 2.75) is 39.4 Å². The zero-order valence-corrected chi connectivity index (χ0v) is 12.3. The van der Waals surface area contributed by atoms with Crippen LogP contribution in [0.25, 0.3) is 10.1 Å². The van der Waals surface area contributed by atoms with Gasteiger partial charge in [0.2, 0.25) is 0 Å². The van der Waals surface area contributed by atoms with Crippen LogP contribution in [0.4, 0.5) is 0 Å². The Morgan fingerprint density at radius 1 is 1.33 bits per heavy atom. The van der Waals surface area contributed by atoms with Gasteiger partial charge in [-0.25, -0.2) is 0 Å². The number of thiophene rings is 1. The molecule has 1 atom stereocenters. The van der Waals surface area contributed by atoms with E-state index in [0.29, 0.717) is 12.6 Å². The molecule has 0 radical (unpaired) electrons. The molecule has 0 bridgehead atoms. The Kier molecular flexibility index (Phi) is 4.38. The van der Waals surface area contributed by atoms with Crippen molar-refractivity contribution in [1.82, 2.24) is 4.90 Å². The van der Waals surface area contributed by atoms with E-state index in [4.69, 9.17) is 5.73 Å². The van der Waals surface area contributed by atoms with Crippen LogP contribution in [-0.2, 0) is 13.1 Å². The van der Waals surface area contributed by atoms with E-state index < -0.39 is 0 Å². The molecule has 2 nitrogen and oxygen atoms in total. The zero-order chi connectivity index (χ0) is 13.1. The van der Waals surface area contributed by atoms with Gasteiger partial charge in [0.1, 0.15) is 0 Å². The molecule has 1 aromatic heterocycles. The highest BCUT2D eigenvalue weighted by Gasteiger charge is 2.14. The van der Waals surface area contributed by atoms with Crippen LogP contribution >= 0.6 is 11.3 Å². The molecule has 1 heterocycles. The molecular formula is C15H22N2S. The van der Waals surface area contributed by atoms with E-state index in [9.17, 15) is 0 Å². The standard InChI is InChI=1S/C15H22N2S/c1-4-11(2)17(3)10-13-12-7-5-6-8-14(12)18-15(13)9-16/h5-8,11H,4,9-10,16H2,1-3H3. The van der Waals surface area contributed by atoms with Gasteiger partial charge in [-0.3, -0.25) is 4.90 Å². The second kappa shape index (κ2) is 5.83. The fourth-order valence-electron chi connectivity index (χ4n) is 2.20. The van der Waals surface area contributed by atoms with Gasteiger partial charge in [-0.1, -0.05) is 25.1 Å². The molecule has 0 aliphatic rings. The topological polar surface area (TPSA) is 29.3 Å². The highest BCUT2D eigenvalue weighted by Crippen LogP contribution is 2.32. The Hall–Kier alpha value is -0.900. The summed E-state index contributed by atoms with van der Waals surface area (Å²) in [5.74, 6) is 0. The third-order valence-electron chi connectivity index (χ3n) is 3.72. The first-order chi connectivity index (χ1) is 8.67. The zero-order valence-electron chi connectivity index (χ0n) is 11.4. The van der Waals surface area contributed by atoms with Gasteiger partial charge >= 0.3 is 0 Å². The quantitative estimate of drug-likeness (QED) is 0.892. The van der Waals surface area contributed by atoms with Gasteiger partial charge in [0.25, 0.3) is 0 Å². The second-order valence-electron chi connectivity index (χ2n) is 4.88. The van der Waals surface area contributed by atoms with E-state index in [0.717, 1.165) is 6.54 Å². The van der Waals surface area contributed by atoms with Gasteiger partial charge in [0.05, 0.1) is 0 Å². The lowest BCUT2D eigenvalue weighted by Gasteiger charge is -2.23. The molecule has 2 N–H and O–H groups in total. The van der Waals surface area contributed by atoms with Crippen molar-refractivity contribution in [3.05, 3.63) is 34.7 Å². The first-order valence-corrected chi connectivity index (χ1v) is 7.38. The summed E-state index contributed by atoms with van der Waals surface area (Å²) in [5, 5.41) is 1.37. The number of hydrogen-bond donors (Lipinski definition) is 1. The minimum Gasteiger partial charge on any atom is -0.326 e. The van der Waals surface area contributed by atoms with E-state index in [-0.39, 0.29) is 0 Å².